The van der Waals surface area contributed by atoms with Gasteiger partial charge < -0.3 is 9.73 Å². The van der Waals surface area contributed by atoms with Gasteiger partial charge in [0.05, 0.1) is 12.5 Å². The molecule has 1 aromatic heterocycles. The predicted molar refractivity (Wildman–Crippen MR) is 60.1 cm³/mol. The molecule has 3 nitrogen and oxygen atoms in total. The molecule has 2 heterocycles. The predicted octanol–water partition coefficient (Wildman–Crippen LogP) is 1.78. The van der Waals surface area contributed by atoms with Gasteiger partial charge in [-0.05, 0) is 49.4 Å². The molecule has 16 heavy (non-hydrogen) atoms. The summed E-state index contributed by atoms with van der Waals surface area (Å²) in [6.07, 6.45) is 7.33. The topological polar surface area (TPSA) is 42.2 Å². The molecule has 0 aromatic carbocycles. The number of rotatable bonds is 3. The van der Waals surface area contributed by atoms with E-state index in [1.807, 2.05) is 6.07 Å². The Morgan fingerprint density at radius 1 is 1.50 bits per heavy atom. The van der Waals surface area contributed by atoms with E-state index in [1.165, 1.54) is 12.8 Å². The molecule has 1 aliphatic carbocycles. The quantitative estimate of drug-likeness (QED) is 0.842. The van der Waals surface area contributed by atoms with E-state index in [1.54, 1.807) is 12.5 Å². The normalized spacial score (nSPS) is 26.9. The van der Waals surface area contributed by atoms with Gasteiger partial charge in [0.15, 0.2) is 0 Å². The molecule has 0 amide bonds. The Kier molecular flexibility index (Phi) is 2.36. The Hall–Kier alpha value is -1.09. The second-order valence-corrected chi connectivity index (χ2v) is 5.14. The minimum absolute atomic E-state index is 0.324. The summed E-state index contributed by atoms with van der Waals surface area (Å²) >= 11 is 0. The fourth-order valence-corrected chi connectivity index (χ4v) is 3.00. The smallest absolute Gasteiger partial charge is 0.141 e. The second-order valence-electron chi connectivity index (χ2n) is 5.14. The van der Waals surface area contributed by atoms with Crippen LogP contribution in [0.15, 0.2) is 23.0 Å². The lowest BCUT2D eigenvalue weighted by atomic mass is 9.90. The van der Waals surface area contributed by atoms with Gasteiger partial charge >= 0.3 is 0 Å². The summed E-state index contributed by atoms with van der Waals surface area (Å²) in [4.78, 5) is 12.1. The molecule has 1 aliphatic heterocycles. The summed E-state index contributed by atoms with van der Waals surface area (Å²) in [5.41, 5.74) is 1.38. The van der Waals surface area contributed by atoms with Crippen LogP contribution < -0.4 is 5.32 Å². The number of ketones is 1. The average Bonchev–Trinajstić information content (AvgIpc) is 2.76. The van der Waals surface area contributed by atoms with Crippen LogP contribution in [0.3, 0.4) is 0 Å². The van der Waals surface area contributed by atoms with E-state index < -0.39 is 0 Å². The van der Waals surface area contributed by atoms with E-state index in [0.29, 0.717) is 23.5 Å². The van der Waals surface area contributed by atoms with Gasteiger partial charge in [0, 0.05) is 12.3 Å². The average molecular weight is 219 g/mol. The number of nitrogens with one attached hydrogen (secondary N) is 1. The molecule has 1 N–H and O–H groups in total. The maximum absolute atomic E-state index is 12.1. The molecule has 1 spiro atoms. The number of piperidine rings is 1. The van der Waals surface area contributed by atoms with Crippen LogP contribution in [0.5, 0.6) is 0 Å². The Morgan fingerprint density at radius 3 is 3.00 bits per heavy atom. The molecule has 1 saturated carbocycles. The van der Waals surface area contributed by atoms with Crippen molar-refractivity contribution in [3.63, 3.8) is 0 Å². The lowest BCUT2D eigenvalue weighted by Crippen LogP contribution is -2.30. The third-order valence-corrected chi connectivity index (χ3v) is 4.14. The second kappa shape index (κ2) is 3.74. The molecule has 1 atom stereocenters. The van der Waals surface area contributed by atoms with Crippen LogP contribution in [0.25, 0.3) is 0 Å². The summed E-state index contributed by atoms with van der Waals surface area (Å²) in [5, 5.41) is 3.36. The molecule has 1 unspecified atom stereocenters. The van der Waals surface area contributed by atoms with E-state index in [2.05, 4.69) is 5.32 Å². The lowest BCUT2D eigenvalue weighted by Gasteiger charge is -2.23. The Morgan fingerprint density at radius 2 is 2.31 bits per heavy atom. The van der Waals surface area contributed by atoms with E-state index in [0.717, 1.165) is 25.1 Å². The van der Waals surface area contributed by atoms with Crippen molar-refractivity contribution >= 4 is 5.78 Å². The summed E-state index contributed by atoms with van der Waals surface area (Å²) in [7, 11) is 0. The zero-order chi connectivity index (χ0) is 11.0. The summed E-state index contributed by atoms with van der Waals surface area (Å²) in [6, 6.07) is 1.88. The SMILES string of the molecule is O=C(Cc1ccoc1)C1CC12CCNCC2. The zero-order valence-corrected chi connectivity index (χ0v) is 9.37. The fourth-order valence-electron chi connectivity index (χ4n) is 3.00. The molecule has 86 valence electrons. The van der Waals surface area contributed by atoms with Gasteiger partial charge in [0.25, 0.3) is 0 Å². The Bertz CT molecular complexity index is 377. The number of carbonyl (C=O) groups is 1. The van der Waals surface area contributed by atoms with Crippen LogP contribution in [0.4, 0.5) is 0 Å². The van der Waals surface area contributed by atoms with Crippen LogP contribution >= 0.6 is 0 Å². The molecule has 0 radical (unpaired) electrons. The number of hydrogen-bond acceptors (Lipinski definition) is 3. The first-order chi connectivity index (χ1) is 7.80. The highest BCUT2D eigenvalue weighted by molar-refractivity contribution is 5.86. The molecule has 3 heteroatoms. The van der Waals surface area contributed by atoms with Gasteiger partial charge in [-0.15, -0.1) is 0 Å². The number of furan rings is 1. The fraction of sp³-hybridized carbons (Fsp3) is 0.615. The van der Waals surface area contributed by atoms with Gasteiger partial charge in [-0.3, -0.25) is 4.79 Å². The highest BCUT2D eigenvalue weighted by atomic mass is 16.3. The molecule has 3 rings (SSSR count). The van der Waals surface area contributed by atoms with Crippen LogP contribution in [0.1, 0.15) is 24.8 Å². The maximum Gasteiger partial charge on any atom is 0.141 e. The highest BCUT2D eigenvalue weighted by Gasteiger charge is 2.56. The molecule has 1 aromatic rings. The van der Waals surface area contributed by atoms with Gasteiger partial charge in [-0.1, -0.05) is 0 Å². The minimum Gasteiger partial charge on any atom is -0.472 e. The summed E-state index contributed by atoms with van der Waals surface area (Å²) in [5.74, 6) is 0.729. The van der Waals surface area contributed by atoms with E-state index in [9.17, 15) is 4.79 Å². The van der Waals surface area contributed by atoms with Gasteiger partial charge in [-0.2, -0.15) is 0 Å². The van der Waals surface area contributed by atoms with Crippen molar-refractivity contribution in [3.8, 4) is 0 Å². The van der Waals surface area contributed by atoms with E-state index >= 15 is 0 Å². The van der Waals surface area contributed by atoms with Crippen LogP contribution in [-0.4, -0.2) is 18.9 Å². The molecule has 1 saturated heterocycles. The Balaban J connectivity index is 1.61. The molecular weight excluding hydrogens is 202 g/mol. The van der Waals surface area contributed by atoms with Crippen LogP contribution in [0.2, 0.25) is 0 Å². The van der Waals surface area contributed by atoms with Gasteiger partial charge in [0.2, 0.25) is 0 Å². The largest absolute Gasteiger partial charge is 0.472 e. The first-order valence-corrected chi connectivity index (χ1v) is 6.05. The van der Waals surface area contributed by atoms with Crippen molar-refractivity contribution in [3.05, 3.63) is 24.2 Å². The first kappa shape index (κ1) is 10.1. The number of carbonyl (C=O) groups excluding carboxylic acids is 1. The summed E-state index contributed by atoms with van der Waals surface area (Å²) in [6.45, 7) is 2.16. The summed E-state index contributed by atoms with van der Waals surface area (Å²) < 4.78 is 4.99. The monoisotopic (exact) mass is 219 g/mol. The van der Waals surface area contributed by atoms with Crippen molar-refractivity contribution in [2.75, 3.05) is 13.1 Å². The standard InChI is InChI=1S/C13H17NO2/c15-12(7-10-1-6-16-9-10)11-8-13(11)2-4-14-5-3-13/h1,6,9,11,14H,2-5,7-8H2. The molecule has 2 aliphatic rings. The minimum atomic E-state index is 0.324. The number of hydrogen-bond donors (Lipinski definition) is 1. The third-order valence-electron chi connectivity index (χ3n) is 4.14. The number of Topliss-reactive ketones (excluding diaryl/α,β-unsaturated/α-hetero) is 1. The molecule has 0 bridgehead atoms. The third kappa shape index (κ3) is 1.69. The van der Waals surface area contributed by atoms with Crippen LogP contribution in [0, 0.1) is 11.3 Å². The van der Waals surface area contributed by atoms with Gasteiger partial charge in [0.1, 0.15) is 5.78 Å². The highest BCUT2D eigenvalue weighted by Crippen LogP contribution is 2.59. The van der Waals surface area contributed by atoms with Crippen LogP contribution in [-0.2, 0) is 11.2 Å². The lowest BCUT2D eigenvalue weighted by molar-refractivity contribution is -0.120. The zero-order valence-electron chi connectivity index (χ0n) is 9.37. The van der Waals surface area contributed by atoms with Crippen molar-refractivity contribution in [2.24, 2.45) is 11.3 Å². The van der Waals surface area contributed by atoms with E-state index in [4.69, 9.17) is 4.42 Å². The molecule has 2 fully saturated rings. The molecular formula is C13H17NO2. The van der Waals surface area contributed by atoms with Crippen molar-refractivity contribution in [2.45, 2.75) is 25.7 Å². The first-order valence-electron chi connectivity index (χ1n) is 6.05. The van der Waals surface area contributed by atoms with E-state index in [-0.39, 0.29) is 0 Å². The van der Waals surface area contributed by atoms with Crippen molar-refractivity contribution in [1.29, 1.82) is 0 Å². The van der Waals surface area contributed by atoms with Crippen molar-refractivity contribution in [1.82, 2.24) is 5.32 Å². The maximum atomic E-state index is 12.1. The van der Waals surface area contributed by atoms with Gasteiger partial charge in [-0.25, -0.2) is 0 Å². The Labute approximate surface area is 95.2 Å². The van der Waals surface area contributed by atoms with Crippen molar-refractivity contribution < 1.29 is 9.21 Å².